The number of aliphatic imine (C=N–C) groups is 2. The Balaban J connectivity index is 2.11. The van der Waals surface area contributed by atoms with Crippen molar-refractivity contribution in [3.8, 4) is 0 Å². The van der Waals surface area contributed by atoms with E-state index >= 15 is 0 Å². The number of anilines is 3. The highest BCUT2D eigenvalue weighted by Crippen LogP contribution is 2.29. The molecule has 1 atom stereocenters. The van der Waals surface area contributed by atoms with Crippen LogP contribution >= 0.6 is 0 Å². The number of nitrogens with two attached hydrogens (primary N) is 1. The van der Waals surface area contributed by atoms with Crippen LogP contribution in [0.5, 0.6) is 0 Å². The fourth-order valence-electron chi connectivity index (χ4n) is 3.58. The van der Waals surface area contributed by atoms with Crippen molar-refractivity contribution >= 4 is 35.8 Å². The molecule has 0 fully saturated rings. The Bertz CT molecular complexity index is 984. The zero-order valence-electron chi connectivity index (χ0n) is 21.0. The van der Waals surface area contributed by atoms with Crippen molar-refractivity contribution in [2.75, 3.05) is 22.9 Å². The first-order valence-corrected chi connectivity index (χ1v) is 12.0. The summed E-state index contributed by atoms with van der Waals surface area (Å²) in [4.78, 5) is 30.5. The third kappa shape index (κ3) is 8.84. The average Bonchev–Trinajstić information content (AvgIpc) is 2.81. The molecule has 0 aliphatic heterocycles. The Morgan fingerprint density at radius 1 is 1.12 bits per heavy atom. The summed E-state index contributed by atoms with van der Waals surface area (Å²) in [6, 6.07) is 0.241. The van der Waals surface area contributed by atoms with Crippen LogP contribution in [0.15, 0.2) is 28.1 Å². The number of rotatable bonds is 14. The number of nitrogen functional groups attached to an aromatic ring is 1. The van der Waals surface area contributed by atoms with Gasteiger partial charge in [-0.15, -0.1) is 0 Å². The minimum absolute atomic E-state index is 0.241. The van der Waals surface area contributed by atoms with E-state index in [0.29, 0.717) is 12.5 Å². The van der Waals surface area contributed by atoms with E-state index in [0.717, 1.165) is 67.2 Å². The summed E-state index contributed by atoms with van der Waals surface area (Å²) in [5.74, 6) is 2.31. The van der Waals surface area contributed by atoms with Crippen molar-refractivity contribution in [1.29, 1.82) is 0 Å². The predicted octanol–water partition coefficient (Wildman–Crippen LogP) is 4.67. The van der Waals surface area contributed by atoms with Gasteiger partial charge in [-0.3, -0.25) is 9.98 Å². The van der Waals surface area contributed by atoms with Crippen LogP contribution in [0.1, 0.15) is 71.3 Å². The molecule has 0 radical (unpaired) electrons. The van der Waals surface area contributed by atoms with Gasteiger partial charge in [-0.1, -0.05) is 19.4 Å². The normalized spacial score (nSPS) is 13.0. The molecule has 2 aromatic rings. The van der Waals surface area contributed by atoms with Gasteiger partial charge in [0.25, 0.3) is 0 Å². The Morgan fingerprint density at radius 2 is 1.94 bits per heavy atom. The summed E-state index contributed by atoms with van der Waals surface area (Å²) in [5.41, 5.74) is 8.29. The van der Waals surface area contributed by atoms with Gasteiger partial charge in [0.05, 0.1) is 5.69 Å². The molecule has 2 aromatic heterocycles. The van der Waals surface area contributed by atoms with Crippen LogP contribution in [0, 0.1) is 6.92 Å². The monoisotopic (exact) mass is 466 g/mol. The van der Waals surface area contributed by atoms with E-state index in [2.05, 4.69) is 47.5 Å². The van der Waals surface area contributed by atoms with Crippen molar-refractivity contribution in [3.63, 3.8) is 0 Å². The standard InChI is InChI=1S/C24H38N10/c1-6-11-19(12-10-13-20-29-16-30-23(25)33-20)32-22-21(27-9-4)17(5)31-24(34-22)28-15-14-18(7-2)26-8-3/h7-9,16,19H,6,10-15H2,1-5H3,(H2,25,29,30,33)(H2,28,31,32,34)/b18-7-,26-8?,27-9?/t19-/m0/s1. The Kier molecular flexibility index (Phi) is 11.6. The van der Waals surface area contributed by atoms with Crippen LogP contribution in [0.4, 0.5) is 23.4 Å². The minimum atomic E-state index is 0.241. The van der Waals surface area contributed by atoms with Gasteiger partial charge in [0, 0.05) is 43.6 Å². The van der Waals surface area contributed by atoms with Crippen molar-refractivity contribution in [2.45, 2.75) is 79.2 Å². The Hall–Kier alpha value is -3.43. The molecular formula is C24H38N10. The molecule has 0 aliphatic rings. The maximum atomic E-state index is 5.67. The third-order valence-corrected chi connectivity index (χ3v) is 5.18. The van der Waals surface area contributed by atoms with Crippen LogP contribution in [-0.2, 0) is 6.42 Å². The largest absolute Gasteiger partial charge is 0.368 e. The summed E-state index contributed by atoms with van der Waals surface area (Å²) in [6.45, 7) is 10.6. The second-order valence-corrected chi connectivity index (χ2v) is 7.84. The number of hydrogen-bond donors (Lipinski definition) is 3. The van der Waals surface area contributed by atoms with Gasteiger partial charge in [0.15, 0.2) is 5.82 Å². The van der Waals surface area contributed by atoms with Gasteiger partial charge in [-0.25, -0.2) is 15.0 Å². The molecule has 0 saturated carbocycles. The molecule has 0 saturated heterocycles. The minimum Gasteiger partial charge on any atom is -0.368 e. The molecule has 0 aromatic carbocycles. The zero-order chi connectivity index (χ0) is 24.8. The van der Waals surface area contributed by atoms with Gasteiger partial charge < -0.3 is 16.4 Å². The summed E-state index contributed by atoms with van der Waals surface area (Å²) in [7, 11) is 0. The van der Waals surface area contributed by atoms with Crippen LogP contribution in [0.25, 0.3) is 0 Å². The van der Waals surface area contributed by atoms with E-state index in [1.807, 2.05) is 33.8 Å². The van der Waals surface area contributed by atoms with Crippen LogP contribution in [0.2, 0.25) is 0 Å². The molecule has 2 heterocycles. The predicted molar refractivity (Wildman–Crippen MR) is 141 cm³/mol. The van der Waals surface area contributed by atoms with Crippen molar-refractivity contribution in [3.05, 3.63) is 29.6 Å². The molecule has 34 heavy (non-hydrogen) atoms. The lowest BCUT2D eigenvalue weighted by molar-refractivity contribution is 0.562. The summed E-state index contributed by atoms with van der Waals surface area (Å²) in [6.07, 6.45) is 12.5. The molecule has 10 nitrogen and oxygen atoms in total. The average molecular weight is 467 g/mol. The Morgan fingerprint density at radius 3 is 2.62 bits per heavy atom. The maximum absolute atomic E-state index is 5.67. The second kappa shape index (κ2) is 14.7. The summed E-state index contributed by atoms with van der Waals surface area (Å²) >= 11 is 0. The summed E-state index contributed by atoms with van der Waals surface area (Å²) < 4.78 is 0. The fraction of sp³-hybridized carbons (Fsp3) is 0.542. The molecule has 0 bridgehead atoms. The fourth-order valence-corrected chi connectivity index (χ4v) is 3.58. The van der Waals surface area contributed by atoms with E-state index in [1.165, 1.54) is 6.33 Å². The van der Waals surface area contributed by atoms with Crippen molar-refractivity contribution in [2.24, 2.45) is 9.98 Å². The first kappa shape index (κ1) is 26.8. The molecule has 0 unspecified atom stereocenters. The number of nitrogens with one attached hydrogen (secondary N) is 2. The SMILES string of the molecule is CC=N/C(=C\C)CCNc1nc(C)c(N=CC)c(N[C@@H](CCC)CCCc2ncnc(N)n2)n1. The highest BCUT2D eigenvalue weighted by Gasteiger charge is 2.16. The molecule has 0 amide bonds. The lowest BCUT2D eigenvalue weighted by atomic mass is 10.0. The molecule has 10 heteroatoms. The van der Waals surface area contributed by atoms with E-state index in [4.69, 9.17) is 10.7 Å². The molecule has 184 valence electrons. The lowest BCUT2D eigenvalue weighted by Crippen LogP contribution is -2.21. The van der Waals surface area contributed by atoms with Gasteiger partial charge in [-0.05, 0) is 47.0 Å². The Labute approximate surface area is 202 Å². The lowest BCUT2D eigenvalue weighted by Gasteiger charge is -2.21. The van der Waals surface area contributed by atoms with E-state index in [9.17, 15) is 0 Å². The number of aromatic nitrogens is 5. The number of nitrogens with zero attached hydrogens (tertiary/aromatic N) is 7. The molecule has 2 rings (SSSR count). The first-order valence-electron chi connectivity index (χ1n) is 12.0. The van der Waals surface area contributed by atoms with E-state index in [-0.39, 0.29) is 12.0 Å². The topological polar surface area (TPSA) is 139 Å². The first-order chi connectivity index (χ1) is 16.5. The van der Waals surface area contributed by atoms with Crippen LogP contribution < -0.4 is 16.4 Å². The van der Waals surface area contributed by atoms with Crippen LogP contribution in [0.3, 0.4) is 0 Å². The van der Waals surface area contributed by atoms with E-state index < -0.39 is 0 Å². The van der Waals surface area contributed by atoms with Gasteiger partial charge in [-0.2, -0.15) is 9.97 Å². The highest BCUT2D eigenvalue weighted by atomic mass is 15.2. The molecule has 0 aliphatic carbocycles. The highest BCUT2D eigenvalue weighted by molar-refractivity contribution is 5.71. The quantitative estimate of drug-likeness (QED) is 0.341. The second-order valence-electron chi connectivity index (χ2n) is 7.84. The molecule has 0 spiro atoms. The number of hydrogen-bond acceptors (Lipinski definition) is 10. The van der Waals surface area contributed by atoms with Gasteiger partial charge in [0.2, 0.25) is 11.9 Å². The van der Waals surface area contributed by atoms with Gasteiger partial charge >= 0.3 is 0 Å². The van der Waals surface area contributed by atoms with E-state index in [1.54, 1.807) is 12.4 Å². The smallest absolute Gasteiger partial charge is 0.225 e. The number of aryl methyl sites for hydroxylation is 2. The maximum Gasteiger partial charge on any atom is 0.225 e. The zero-order valence-corrected chi connectivity index (χ0v) is 21.0. The molecule has 4 N–H and O–H groups in total. The summed E-state index contributed by atoms with van der Waals surface area (Å²) in [5, 5.41) is 6.96. The van der Waals surface area contributed by atoms with Crippen molar-refractivity contribution in [1.82, 2.24) is 24.9 Å². The number of allylic oxidation sites excluding steroid dienone is 1. The van der Waals surface area contributed by atoms with Crippen molar-refractivity contribution < 1.29 is 0 Å². The third-order valence-electron chi connectivity index (χ3n) is 5.18. The van der Waals surface area contributed by atoms with Crippen LogP contribution in [-0.4, -0.2) is 49.9 Å². The van der Waals surface area contributed by atoms with Gasteiger partial charge in [0.1, 0.15) is 17.8 Å². The molecular weight excluding hydrogens is 428 g/mol.